The molecule has 0 aliphatic carbocycles. The van der Waals surface area contributed by atoms with Crippen molar-refractivity contribution >= 4 is 16.9 Å². The van der Waals surface area contributed by atoms with Crippen LogP contribution in [0.15, 0.2) is 64.0 Å². The number of methoxy groups -OCH3 is 1. The van der Waals surface area contributed by atoms with Crippen molar-refractivity contribution < 1.29 is 34.0 Å². The molecule has 8 heteroatoms. The van der Waals surface area contributed by atoms with Crippen molar-refractivity contribution in [2.24, 2.45) is 0 Å². The maximum atomic E-state index is 13.3. The Kier molecular flexibility index (Phi) is 4.70. The Hall–Kier alpha value is -4.46. The van der Waals surface area contributed by atoms with Crippen LogP contribution in [0.25, 0.3) is 22.1 Å². The number of carbonyl (C=O) groups is 1. The molecule has 1 aromatic heterocycles. The lowest BCUT2D eigenvalue weighted by atomic mass is 9.84. The first-order valence-electron chi connectivity index (χ1n) is 10.1. The second kappa shape index (κ2) is 7.59. The number of fused-ring (bicyclic) bond motifs is 3. The SMILES string of the molecule is COc1cc([C@@H]2CC(=O)Oc3cc(O)c4c(=O)c(-c5ccc(O)cc5)coc4c32)ccc1O. The number of aromatic hydroxyl groups is 3. The molecule has 2 heterocycles. The van der Waals surface area contributed by atoms with E-state index in [4.69, 9.17) is 13.9 Å². The topological polar surface area (TPSA) is 126 Å². The minimum atomic E-state index is -0.568. The molecule has 3 N–H and O–H groups in total. The monoisotopic (exact) mass is 446 g/mol. The number of phenolic OH excluding ortho intramolecular Hbond substituents is 3. The summed E-state index contributed by atoms with van der Waals surface area (Å²) in [7, 11) is 1.42. The maximum absolute atomic E-state index is 13.3. The lowest BCUT2D eigenvalue weighted by Crippen LogP contribution is -2.22. The average molecular weight is 446 g/mol. The molecule has 3 aromatic carbocycles. The van der Waals surface area contributed by atoms with Crippen LogP contribution < -0.4 is 14.9 Å². The first-order chi connectivity index (χ1) is 15.9. The molecule has 0 saturated heterocycles. The van der Waals surface area contributed by atoms with Gasteiger partial charge in [-0.3, -0.25) is 9.59 Å². The van der Waals surface area contributed by atoms with E-state index in [0.717, 1.165) is 0 Å². The predicted octanol–water partition coefficient (Wildman–Crippen LogP) is 4.03. The van der Waals surface area contributed by atoms with E-state index in [-0.39, 0.29) is 51.7 Å². The number of carbonyl (C=O) groups excluding carboxylic acids is 1. The molecule has 166 valence electrons. The summed E-state index contributed by atoms with van der Waals surface area (Å²) in [5.41, 5.74) is 1.41. The molecule has 1 aliphatic rings. The molecule has 0 fully saturated rings. The Labute approximate surface area is 186 Å². The third-order valence-corrected chi connectivity index (χ3v) is 5.75. The number of ether oxygens (including phenoxy) is 2. The molecule has 0 amide bonds. The van der Waals surface area contributed by atoms with Gasteiger partial charge in [-0.2, -0.15) is 0 Å². The minimum Gasteiger partial charge on any atom is -0.508 e. The molecular formula is C25H18O8. The van der Waals surface area contributed by atoms with Gasteiger partial charge in [0.2, 0.25) is 5.43 Å². The molecule has 0 spiro atoms. The van der Waals surface area contributed by atoms with Gasteiger partial charge in [-0.25, -0.2) is 0 Å². The lowest BCUT2D eigenvalue weighted by molar-refractivity contribution is -0.135. The number of benzene rings is 3. The van der Waals surface area contributed by atoms with Crippen LogP contribution in [0.2, 0.25) is 0 Å². The Bertz CT molecular complexity index is 1470. The first-order valence-corrected chi connectivity index (χ1v) is 10.1. The van der Waals surface area contributed by atoms with Crippen LogP contribution in [0.1, 0.15) is 23.5 Å². The van der Waals surface area contributed by atoms with Gasteiger partial charge in [-0.1, -0.05) is 18.2 Å². The molecule has 0 radical (unpaired) electrons. The van der Waals surface area contributed by atoms with Crippen LogP contribution in [0.5, 0.6) is 28.7 Å². The molecule has 0 saturated carbocycles. The van der Waals surface area contributed by atoms with E-state index in [0.29, 0.717) is 16.7 Å². The van der Waals surface area contributed by atoms with E-state index in [9.17, 15) is 24.9 Å². The van der Waals surface area contributed by atoms with Crippen molar-refractivity contribution in [2.75, 3.05) is 7.11 Å². The highest BCUT2D eigenvalue weighted by molar-refractivity contribution is 5.94. The van der Waals surface area contributed by atoms with Crippen molar-refractivity contribution in [3.8, 4) is 39.9 Å². The highest BCUT2D eigenvalue weighted by Gasteiger charge is 2.34. The Morgan fingerprint density at radius 2 is 1.73 bits per heavy atom. The second-order valence-corrected chi connectivity index (χ2v) is 7.70. The van der Waals surface area contributed by atoms with Gasteiger partial charge in [-0.15, -0.1) is 0 Å². The van der Waals surface area contributed by atoms with Gasteiger partial charge in [0.05, 0.1) is 19.1 Å². The summed E-state index contributed by atoms with van der Waals surface area (Å²) in [5.74, 6) is -1.14. The van der Waals surface area contributed by atoms with Crippen LogP contribution in [0.3, 0.4) is 0 Å². The molecule has 8 nitrogen and oxygen atoms in total. The van der Waals surface area contributed by atoms with Crippen molar-refractivity contribution in [1.29, 1.82) is 0 Å². The molecule has 0 bridgehead atoms. The number of rotatable bonds is 3. The zero-order valence-electron chi connectivity index (χ0n) is 17.4. The summed E-state index contributed by atoms with van der Waals surface area (Å²) in [5, 5.41) is 30.1. The molecule has 4 aromatic rings. The summed E-state index contributed by atoms with van der Waals surface area (Å²) < 4.78 is 16.4. The van der Waals surface area contributed by atoms with Crippen LogP contribution in [0, 0.1) is 0 Å². The molecule has 33 heavy (non-hydrogen) atoms. The van der Waals surface area contributed by atoms with Gasteiger partial charge >= 0.3 is 5.97 Å². The summed E-state index contributed by atoms with van der Waals surface area (Å²) in [6.45, 7) is 0. The van der Waals surface area contributed by atoms with Gasteiger partial charge in [-0.05, 0) is 35.4 Å². The summed E-state index contributed by atoms with van der Waals surface area (Å²) in [6.07, 6.45) is 1.24. The van der Waals surface area contributed by atoms with Gasteiger partial charge in [0, 0.05) is 17.5 Å². The fourth-order valence-electron chi connectivity index (χ4n) is 4.17. The summed E-state index contributed by atoms with van der Waals surface area (Å²) in [6, 6.07) is 12.0. The highest BCUT2D eigenvalue weighted by atomic mass is 16.5. The number of phenols is 3. The predicted molar refractivity (Wildman–Crippen MR) is 118 cm³/mol. The van der Waals surface area contributed by atoms with Crippen LogP contribution in [0.4, 0.5) is 0 Å². The number of hydrogen-bond donors (Lipinski definition) is 3. The fourth-order valence-corrected chi connectivity index (χ4v) is 4.17. The van der Waals surface area contributed by atoms with E-state index in [1.165, 1.54) is 37.6 Å². The third kappa shape index (κ3) is 3.32. The van der Waals surface area contributed by atoms with Crippen LogP contribution >= 0.6 is 0 Å². The summed E-state index contributed by atoms with van der Waals surface area (Å²) in [4.78, 5) is 25.6. The van der Waals surface area contributed by atoms with Crippen molar-refractivity contribution in [3.63, 3.8) is 0 Å². The zero-order chi connectivity index (χ0) is 23.3. The van der Waals surface area contributed by atoms with Crippen molar-refractivity contribution in [3.05, 3.63) is 76.1 Å². The second-order valence-electron chi connectivity index (χ2n) is 7.70. The van der Waals surface area contributed by atoms with Crippen molar-refractivity contribution in [2.45, 2.75) is 12.3 Å². The fraction of sp³-hybridized carbons (Fsp3) is 0.120. The minimum absolute atomic E-state index is 0.0375. The molecule has 5 rings (SSSR count). The third-order valence-electron chi connectivity index (χ3n) is 5.75. The largest absolute Gasteiger partial charge is 0.508 e. The van der Waals surface area contributed by atoms with E-state index in [1.807, 2.05) is 0 Å². The quantitative estimate of drug-likeness (QED) is 0.318. The van der Waals surface area contributed by atoms with Gasteiger partial charge in [0.15, 0.2) is 11.5 Å². The van der Waals surface area contributed by atoms with E-state index < -0.39 is 17.3 Å². The highest BCUT2D eigenvalue weighted by Crippen LogP contribution is 2.46. The van der Waals surface area contributed by atoms with E-state index in [2.05, 4.69) is 0 Å². The van der Waals surface area contributed by atoms with Crippen LogP contribution in [-0.2, 0) is 4.79 Å². The normalized spacial score (nSPS) is 15.2. The van der Waals surface area contributed by atoms with Crippen LogP contribution in [-0.4, -0.2) is 28.4 Å². The van der Waals surface area contributed by atoms with Gasteiger partial charge < -0.3 is 29.2 Å². The van der Waals surface area contributed by atoms with Gasteiger partial charge in [0.1, 0.15) is 34.5 Å². The smallest absolute Gasteiger partial charge is 0.312 e. The average Bonchev–Trinajstić information content (AvgIpc) is 2.79. The lowest BCUT2D eigenvalue weighted by Gasteiger charge is -2.26. The Balaban J connectivity index is 1.76. The summed E-state index contributed by atoms with van der Waals surface area (Å²) >= 11 is 0. The van der Waals surface area contributed by atoms with Gasteiger partial charge in [0.25, 0.3) is 0 Å². The molecular weight excluding hydrogens is 428 g/mol. The number of esters is 1. The molecule has 1 aliphatic heterocycles. The molecule has 0 unspecified atom stereocenters. The zero-order valence-corrected chi connectivity index (χ0v) is 17.4. The molecule has 1 atom stereocenters. The maximum Gasteiger partial charge on any atom is 0.312 e. The first kappa shape index (κ1) is 20.4. The van der Waals surface area contributed by atoms with E-state index >= 15 is 0 Å². The van der Waals surface area contributed by atoms with Crippen molar-refractivity contribution in [1.82, 2.24) is 0 Å². The Morgan fingerprint density at radius 1 is 0.970 bits per heavy atom. The standard InChI is InChI=1S/C25H18O8/c1-31-19-8-13(4-7-17(19)27)15-9-21(29)33-20-10-18(28)23-24(30)16(11-32-25(23)22(15)20)12-2-5-14(26)6-3-12/h2-8,10-11,15,26-28H,9H2,1H3/t15-/m0/s1. The number of hydrogen-bond acceptors (Lipinski definition) is 8. The Morgan fingerprint density at radius 3 is 2.45 bits per heavy atom. The van der Waals surface area contributed by atoms with E-state index in [1.54, 1.807) is 24.3 Å².